The molecule has 0 unspecified atom stereocenters. The first-order valence-electron chi connectivity index (χ1n) is 8.54. The molecule has 4 rings (SSSR count). The van der Waals surface area contributed by atoms with Gasteiger partial charge in [0.2, 0.25) is 0 Å². The van der Waals surface area contributed by atoms with E-state index in [1.165, 1.54) is 0 Å². The third-order valence-corrected chi connectivity index (χ3v) is 4.48. The molecule has 6 heteroatoms. The summed E-state index contributed by atoms with van der Waals surface area (Å²) >= 11 is 0. The molecular formula is C19H21N5O. The molecule has 6 nitrogen and oxygen atoms in total. The molecule has 25 heavy (non-hydrogen) atoms. The van der Waals surface area contributed by atoms with Gasteiger partial charge in [-0.25, -0.2) is 15.0 Å². The van der Waals surface area contributed by atoms with Gasteiger partial charge in [-0.2, -0.15) is 0 Å². The quantitative estimate of drug-likeness (QED) is 0.730. The second-order valence-electron chi connectivity index (χ2n) is 6.46. The van der Waals surface area contributed by atoms with Crippen molar-refractivity contribution >= 4 is 16.9 Å². The summed E-state index contributed by atoms with van der Waals surface area (Å²) in [5, 5.41) is 0. The zero-order chi connectivity index (χ0) is 17.2. The number of hydrogen-bond acceptors (Lipinski definition) is 6. The van der Waals surface area contributed by atoms with Crippen LogP contribution < -0.4 is 4.90 Å². The molecule has 0 radical (unpaired) electrons. The van der Waals surface area contributed by atoms with Crippen molar-refractivity contribution in [1.29, 1.82) is 0 Å². The fraction of sp³-hybridized carbons (Fsp3) is 0.368. The van der Waals surface area contributed by atoms with Gasteiger partial charge in [-0.05, 0) is 25.5 Å². The van der Waals surface area contributed by atoms with Gasteiger partial charge in [0.25, 0.3) is 0 Å². The van der Waals surface area contributed by atoms with Gasteiger partial charge in [-0.15, -0.1) is 0 Å². The van der Waals surface area contributed by atoms with Crippen LogP contribution in [0.4, 0.5) is 5.82 Å². The van der Waals surface area contributed by atoms with Crippen molar-refractivity contribution in [3.05, 3.63) is 53.7 Å². The fourth-order valence-corrected chi connectivity index (χ4v) is 3.14. The number of anilines is 1. The van der Waals surface area contributed by atoms with Gasteiger partial charge >= 0.3 is 0 Å². The molecule has 0 N–H and O–H groups in total. The lowest BCUT2D eigenvalue weighted by Gasteiger charge is -2.20. The molecule has 0 bridgehead atoms. The van der Waals surface area contributed by atoms with Crippen LogP contribution in [-0.2, 0) is 11.3 Å². The topological polar surface area (TPSA) is 64.0 Å². The fourth-order valence-electron chi connectivity index (χ4n) is 3.14. The van der Waals surface area contributed by atoms with Crippen LogP contribution in [0, 0.1) is 6.92 Å². The van der Waals surface area contributed by atoms with E-state index in [-0.39, 0.29) is 0 Å². The molecule has 2 aromatic heterocycles. The van der Waals surface area contributed by atoms with Gasteiger partial charge in [0, 0.05) is 25.6 Å². The Labute approximate surface area is 146 Å². The summed E-state index contributed by atoms with van der Waals surface area (Å²) in [5.74, 6) is 2.06. The van der Waals surface area contributed by atoms with E-state index in [0.29, 0.717) is 12.5 Å². The van der Waals surface area contributed by atoms with Gasteiger partial charge in [0.05, 0.1) is 41.8 Å². The molecule has 1 aromatic carbocycles. The minimum Gasteiger partial charge on any atom is -0.381 e. The van der Waals surface area contributed by atoms with E-state index in [4.69, 9.17) is 9.72 Å². The second kappa shape index (κ2) is 6.72. The molecule has 1 aliphatic heterocycles. The number of rotatable bonds is 4. The summed E-state index contributed by atoms with van der Waals surface area (Å²) in [4.78, 5) is 20.5. The van der Waals surface area contributed by atoms with Gasteiger partial charge in [-0.1, -0.05) is 12.1 Å². The standard InChI is InChI=1S/C19H21N5O/c1-13-21-18(14-7-8-25-12-14)9-19(22-13)24(2)11-15-10-20-16-5-3-4-6-17(16)23-15/h3-6,9-10,14H,7-8,11-12H2,1-2H3/t14-/m1/s1. The van der Waals surface area contributed by atoms with Crippen LogP contribution in [0.25, 0.3) is 11.0 Å². The summed E-state index contributed by atoms with van der Waals surface area (Å²) < 4.78 is 5.50. The Bertz CT molecular complexity index is 892. The molecule has 128 valence electrons. The number of hydrogen-bond donors (Lipinski definition) is 0. The van der Waals surface area contributed by atoms with E-state index in [2.05, 4.69) is 25.9 Å². The van der Waals surface area contributed by atoms with Gasteiger partial charge in [0.15, 0.2) is 0 Å². The van der Waals surface area contributed by atoms with E-state index >= 15 is 0 Å². The van der Waals surface area contributed by atoms with Crippen molar-refractivity contribution in [2.45, 2.75) is 25.8 Å². The Morgan fingerprint density at radius 2 is 2.00 bits per heavy atom. The molecule has 3 heterocycles. The highest BCUT2D eigenvalue weighted by Gasteiger charge is 2.21. The molecule has 0 amide bonds. The molecule has 0 aliphatic carbocycles. The average Bonchev–Trinajstić information content (AvgIpc) is 3.16. The van der Waals surface area contributed by atoms with Crippen LogP contribution in [0.5, 0.6) is 0 Å². The summed E-state index contributed by atoms with van der Waals surface area (Å²) in [6.07, 6.45) is 2.86. The van der Waals surface area contributed by atoms with Crippen LogP contribution in [0.15, 0.2) is 36.5 Å². The highest BCUT2D eigenvalue weighted by atomic mass is 16.5. The van der Waals surface area contributed by atoms with Crippen molar-refractivity contribution in [3.8, 4) is 0 Å². The minimum atomic E-state index is 0.370. The molecule has 1 aliphatic rings. The monoisotopic (exact) mass is 335 g/mol. The maximum absolute atomic E-state index is 5.50. The van der Waals surface area contributed by atoms with Gasteiger partial charge < -0.3 is 9.64 Å². The van der Waals surface area contributed by atoms with Crippen molar-refractivity contribution in [1.82, 2.24) is 19.9 Å². The Kier molecular flexibility index (Phi) is 4.28. The van der Waals surface area contributed by atoms with Crippen LogP contribution in [0.1, 0.15) is 29.6 Å². The molecule has 1 fully saturated rings. The minimum absolute atomic E-state index is 0.370. The highest BCUT2D eigenvalue weighted by Crippen LogP contribution is 2.26. The zero-order valence-electron chi connectivity index (χ0n) is 14.5. The van der Waals surface area contributed by atoms with E-state index in [1.807, 2.05) is 44.4 Å². The second-order valence-corrected chi connectivity index (χ2v) is 6.46. The Hall–Kier alpha value is -2.60. The van der Waals surface area contributed by atoms with Gasteiger partial charge in [0.1, 0.15) is 11.6 Å². The Morgan fingerprint density at radius 1 is 1.16 bits per heavy atom. The number of fused-ring (bicyclic) bond motifs is 1. The number of aryl methyl sites for hydroxylation is 1. The lowest BCUT2D eigenvalue weighted by Crippen LogP contribution is -2.20. The van der Waals surface area contributed by atoms with Crippen LogP contribution >= 0.6 is 0 Å². The number of para-hydroxylation sites is 2. The molecule has 0 spiro atoms. The summed E-state index contributed by atoms with van der Waals surface area (Å²) in [7, 11) is 2.02. The van der Waals surface area contributed by atoms with E-state index < -0.39 is 0 Å². The maximum Gasteiger partial charge on any atom is 0.132 e. The first kappa shape index (κ1) is 15.9. The summed E-state index contributed by atoms with van der Waals surface area (Å²) in [6.45, 7) is 4.14. The normalized spacial score (nSPS) is 17.1. The van der Waals surface area contributed by atoms with E-state index in [0.717, 1.165) is 53.7 Å². The SMILES string of the molecule is Cc1nc([C@@H]2CCOC2)cc(N(C)Cc2cnc3ccccc3n2)n1. The third kappa shape index (κ3) is 3.44. The number of nitrogens with zero attached hydrogens (tertiary/aromatic N) is 5. The van der Waals surface area contributed by atoms with Crippen molar-refractivity contribution in [2.24, 2.45) is 0 Å². The first-order valence-corrected chi connectivity index (χ1v) is 8.54. The first-order chi connectivity index (χ1) is 12.2. The summed E-state index contributed by atoms with van der Waals surface area (Å²) in [5.41, 5.74) is 3.81. The Morgan fingerprint density at radius 3 is 2.80 bits per heavy atom. The van der Waals surface area contributed by atoms with Crippen LogP contribution in [-0.4, -0.2) is 40.2 Å². The van der Waals surface area contributed by atoms with Crippen LogP contribution in [0.2, 0.25) is 0 Å². The van der Waals surface area contributed by atoms with E-state index in [1.54, 1.807) is 0 Å². The highest BCUT2D eigenvalue weighted by molar-refractivity contribution is 5.73. The van der Waals surface area contributed by atoms with Crippen molar-refractivity contribution in [2.75, 3.05) is 25.2 Å². The number of aromatic nitrogens is 4. The predicted octanol–water partition coefficient (Wildman–Crippen LogP) is 2.87. The molecule has 0 saturated carbocycles. The molecule has 1 saturated heterocycles. The molecule has 3 aromatic rings. The number of ether oxygens (including phenoxy) is 1. The summed E-state index contributed by atoms with van der Waals surface area (Å²) in [6, 6.07) is 9.98. The number of benzene rings is 1. The zero-order valence-corrected chi connectivity index (χ0v) is 14.5. The van der Waals surface area contributed by atoms with Crippen molar-refractivity contribution in [3.63, 3.8) is 0 Å². The maximum atomic E-state index is 5.50. The van der Waals surface area contributed by atoms with Crippen LogP contribution in [0.3, 0.4) is 0 Å². The van der Waals surface area contributed by atoms with E-state index in [9.17, 15) is 0 Å². The average molecular weight is 335 g/mol. The smallest absolute Gasteiger partial charge is 0.132 e. The Balaban J connectivity index is 1.58. The van der Waals surface area contributed by atoms with Crippen molar-refractivity contribution < 1.29 is 4.74 Å². The third-order valence-electron chi connectivity index (χ3n) is 4.48. The van der Waals surface area contributed by atoms with Gasteiger partial charge in [-0.3, -0.25) is 4.98 Å². The lowest BCUT2D eigenvalue weighted by molar-refractivity contribution is 0.193. The molecular weight excluding hydrogens is 314 g/mol. The largest absolute Gasteiger partial charge is 0.381 e. The lowest BCUT2D eigenvalue weighted by atomic mass is 10.0. The molecule has 1 atom stereocenters. The predicted molar refractivity (Wildman–Crippen MR) is 96.6 cm³/mol.